The number of aryl methyl sites for hydroxylation is 1. The van der Waals surface area contributed by atoms with Gasteiger partial charge in [0.25, 0.3) is 5.69 Å². The lowest BCUT2D eigenvalue weighted by Crippen LogP contribution is -1.98. The lowest BCUT2D eigenvalue weighted by Gasteiger charge is -2.02. The molecule has 0 amide bonds. The second kappa shape index (κ2) is 5.32. The number of hydrogen-bond acceptors (Lipinski definition) is 4. The Kier molecular flexibility index (Phi) is 3.78. The zero-order chi connectivity index (χ0) is 13.1. The second-order valence-electron chi connectivity index (χ2n) is 3.49. The van der Waals surface area contributed by atoms with Gasteiger partial charge in [0.1, 0.15) is 0 Å². The summed E-state index contributed by atoms with van der Waals surface area (Å²) < 4.78 is 1.40. The molecule has 8 heteroatoms. The summed E-state index contributed by atoms with van der Waals surface area (Å²) in [6, 6.07) is 4.14. The molecule has 1 aromatic carbocycles. The molecule has 0 aliphatic rings. The Morgan fingerprint density at radius 1 is 1.44 bits per heavy atom. The summed E-state index contributed by atoms with van der Waals surface area (Å²) in [4.78, 5) is 10.2. The van der Waals surface area contributed by atoms with Crippen molar-refractivity contribution in [3.8, 4) is 5.69 Å². The molecule has 1 aromatic heterocycles. The first-order valence-electron chi connectivity index (χ1n) is 5.03. The van der Waals surface area contributed by atoms with E-state index in [0.717, 1.165) is 0 Å². The molecule has 6 nitrogen and oxygen atoms in total. The number of hydrogen-bond donors (Lipinski definition) is 0. The third-order valence-corrected chi connectivity index (χ3v) is 2.79. The van der Waals surface area contributed by atoms with Crippen LogP contribution in [0.15, 0.2) is 24.4 Å². The average molecular weight is 287 g/mol. The SMILES string of the molecule is O=[N+]([O-])c1ccc(Cl)c(-n2cc(CCCl)nn2)c1. The van der Waals surface area contributed by atoms with Crippen LogP contribution in [-0.2, 0) is 6.42 Å². The van der Waals surface area contributed by atoms with Crippen molar-refractivity contribution >= 4 is 28.9 Å². The molecule has 0 atom stereocenters. The maximum Gasteiger partial charge on any atom is 0.271 e. The summed E-state index contributed by atoms with van der Waals surface area (Å²) in [6.45, 7) is 0. The maximum atomic E-state index is 10.7. The van der Waals surface area contributed by atoms with Gasteiger partial charge in [0.15, 0.2) is 0 Å². The molecule has 0 saturated carbocycles. The Morgan fingerprint density at radius 2 is 2.22 bits per heavy atom. The van der Waals surface area contributed by atoms with Crippen molar-refractivity contribution in [2.75, 3.05) is 5.88 Å². The van der Waals surface area contributed by atoms with Crippen LogP contribution < -0.4 is 0 Å². The fraction of sp³-hybridized carbons (Fsp3) is 0.200. The summed E-state index contributed by atoms with van der Waals surface area (Å²) in [5.41, 5.74) is 1.07. The topological polar surface area (TPSA) is 73.8 Å². The van der Waals surface area contributed by atoms with Crippen molar-refractivity contribution in [1.82, 2.24) is 15.0 Å². The summed E-state index contributed by atoms with van der Waals surface area (Å²) in [6.07, 6.45) is 2.22. The Morgan fingerprint density at radius 3 is 2.89 bits per heavy atom. The molecule has 0 radical (unpaired) electrons. The zero-order valence-corrected chi connectivity index (χ0v) is 10.6. The number of nitrogens with zero attached hydrogens (tertiary/aromatic N) is 4. The van der Waals surface area contributed by atoms with Gasteiger partial charge in [-0.05, 0) is 6.07 Å². The van der Waals surface area contributed by atoms with Crippen molar-refractivity contribution in [1.29, 1.82) is 0 Å². The molecule has 1 heterocycles. The first kappa shape index (κ1) is 12.8. The highest BCUT2D eigenvalue weighted by atomic mass is 35.5. The number of nitro groups is 1. The molecule has 0 spiro atoms. The Bertz CT molecular complexity index is 585. The van der Waals surface area contributed by atoms with Crippen molar-refractivity contribution in [2.24, 2.45) is 0 Å². The number of aromatic nitrogens is 3. The summed E-state index contributed by atoms with van der Waals surface area (Å²) >= 11 is 11.6. The molecule has 2 rings (SSSR count). The van der Waals surface area contributed by atoms with Crippen molar-refractivity contribution < 1.29 is 4.92 Å². The predicted octanol–water partition coefficient (Wildman–Crippen LogP) is 2.61. The lowest BCUT2D eigenvalue weighted by molar-refractivity contribution is -0.384. The standard InChI is InChI=1S/C10H8Cl2N4O2/c11-4-3-7-6-15(14-13-7)10-5-8(16(17)18)1-2-9(10)12/h1-2,5-6H,3-4H2. The Hall–Kier alpha value is -1.66. The normalized spacial score (nSPS) is 10.6. The van der Waals surface area contributed by atoms with Crippen molar-refractivity contribution in [3.63, 3.8) is 0 Å². The van der Waals surface area contributed by atoms with Gasteiger partial charge in [0.05, 0.1) is 27.5 Å². The van der Waals surface area contributed by atoms with Gasteiger partial charge in [0.2, 0.25) is 0 Å². The molecule has 18 heavy (non-hydrogen) atoms. The van der Waals surface area contributed by atoms with Gasteiger partial charge in [-0.25, -0.2) is 4.68 Å². The molecule has 0 aliphatic heterocycles. The number of halogens is 2. The van der Waals surface area contributed by atoms with Crippen LogP contribution in [0, 0.1) is 10.1 Å². The largest absolute Gasteiger partial charge is 0.271 e. The highest BCUT2D eigenvalue weighted by Crippen LogP contribution is 2.24. The van der Waals surface area contributed by atoms with Crippen LogP contribution in [0.1, 0.15) is 5.69 Å². The van der Waals surface area contributed by atoms with Gasteiger partial charge < -0.3 is 0 Å². The number of alkyl halides is 1. The van der Waals surface area contributed by atoms with Crippen LogP contribution in [0.4, 0.5) is 5.69 Å². The molecule has 94 valence electrons. The predicted molar refractivity (Wildman–Crippen MR) is 67.4 cm³/mol. The Labute approximate surface area is 112 Å². The highest BCUT2D eigenvalue weighted by Gasteiger charge is 2.12. The van der Waals surface area contributed by atoms with E-state index in [2.05, 4.69) is 10.3 Å². The fourth-order valence-corrected chi connectivity index (χ4v) is 1.82. The fourth-order valence-electron chi connectivity index (χ4n) is 1.42. The van der Waals surface area contributed by atoms with E-state index >= 15 is 0 Å². The average Bonchev–Trinajstić information content (AvgIpc) is 2.78. The zero-order valence-electron chi connectivity index (χ0n) is 9.08. The number of nitro benzene ring substituents is 1. The van der Waals surface area contributed by atoms with Gasteiger partial charge in [-0.3, -0.25) is 10.1 Å². The van der Waals surface area contributed by atoms with Crippen molar-refractivity contribution in [2.45, 2.75) is 6.42 Å². The molecule has 0 fully saturated rings. The molecule has 0 unspecified atom stereocenters. The van der Waals surface area contributed by atoms with Crippen LogP contribution in [0.3, 0.4) is 0 Å². The minimum atomic E-state index is -0.490. The summed E-state index contributed by atoms with van der Waals surface area (Å²) in [7, 11) is 0. The van der Waals surface area contributed by atoms with Crippen molar-refractivity contribution in [3.05, 3.63) is 45.2 Å². The van der Waals surface area contributed by atoms with Gasteiger partial charge >= 0.3 is 0 Å². The number of benzene rings is 1. The monoisotopic (exact) mass is 286 g/mol. The Balaban J connectivity index is 2.41. The third-order valence-electron chi connectivity index (χ3n) is 2.28. The van der Waals surface area contributed by atoms with E-state index in [-0.39, 0.29) is 5.69 Å². The van der Waals surface area contributed by atoms with Crippen LogP contribution in [0.5, 0.6) is 0 Å². The first-order chi connectivity index (χ1) is 8.61. The van der Waals surface area contributed by atoms with Gasteiger partial charge in [-0.2, -0.15) is 0 Å². The minimum absolute atomic E-state index is 0.0520. The molecule has 0 bridgehead atoms. The molecular weight excluding hydrogens is 279 g/mol. The summed E-state index contributed by atoms with van der Waals surface area (Å²) in [5, 5.41) is 18.8. The minimum Gasteiger partial charge on any atom is -0.258 e. The quantitative estimate of drug-likeness (QED) is 0.492. The van der Waals surface area contributed by atoms with Crippen LogP contribution in [-0.4, -0.2) is 25.8 Å². The number of rotatable bonds is 4. The van der Waals surface area contributed by atoms with Gasteiger partial charge in [-0.1, -0.05) is 16.8 Å². The van der Waals surface area contributed by atoms with E-state index in [1.807, 2.05) is 0 Å². The first-order valence-corrected chi connectivity index (χ1v) is 5.94. The smallest absolute Gasteiger partial charge is 0.258 e. The van der Waals surface area contributed by atoms with Gasteiger partial charge in [0, 0.05) is 24.4 Å². The highest BCUT2D eigenvalue weighted by molar-refractivity contribution is 6.32. The van der Waals surface area contributed by atoms with Gasteiger partial charge in [-0.15, -0.1) is 16.7 Å². The van der Waals surface area contributed by atoms with E-state index in [4.69, 9.17) is 23.2 Å². The van der Waals surface area contributed by atoms with E-state index in [0.29, 0.717) is 28.7 Å². The molecule has 0 N–H and O–H groups in total. The second-order valence-corrected chi connectivity index (χ2v) is 4.27. The third kappa shape index (κ3) is 2.60. The lowest BCUT2D eigenvalue weighted by atomic mass is 10.3. The molecular formula is C10H8Cl2N4O2. The maximum absolute atomic E-state index is 10.7. The summed E-state index contributed by atoms with van der Waals surface area (Å²) in [5.74, 6) is 0.432. The molecule has 2 aromatic rings. The van der Waals surface area contributed by atoms with Crippen LogP contribution in [0.2, 0.25) is 5.02 Å². The van der Waals surface area contributed by atoms with E-state index < -0.39 is 4.92 Å². The molecule has 0 aliphatic carbocycles. The van der Waals surface area contributed by atoms with E-state index in [9.17, 15) is 10.1 Å². The van der Waals surface area contributed by atoms with E-state index in [1.54, 1.807) is 6.20 Å². The number of non-ortho nitro benzene ring substituents is 1. The van der Waals surface area contributed by atoms with Crippen LogP contribution >= 0.6 is 23.2 Å². The molecule has 0 saturated heterocycles. The van der Waals surface area contributed by atoms with E-state index in [1.165, 1.54) is 22.9 Å². The van der Waals surface area contributed by atoms with Crippen LogP contribution in [0.25, 0.3) is 5.69 Å².